The summed E-state index contributed by atoms with van der Waals surface area (Å²) in [4.78, 5) is 8.68. The van der Waals surface area contributed by atoms with Gasteiger partial charge >= 0.3 is 6.61 Å². The van der Waals surface area contributed by atoms with Gasteiger partial charge in [-0.2, -0.15) is 8.78 Å². The highest BCUT2D eigenvalue weighted by Crippen LogP contribution is 2.21. The fraction of sp³-hybridized carbons (Fsp3) is 0.444. The van der Waals surface area contributed by atoms with Gasteiger partial charge in [-0.15, -0.1) is 35.3 Å². The van der Waals surface area contributed by atoms with Crippen molar-refractivity contribution in [3.8, 4) is 5.75 Å². The molecule has 0 saturated heterocycles. The first-order chi connectivity index (χ1) is 12.5. The van der Waals surface area contributed by atoms with Crippen LogP contribution in [0.3, 0.4) is 0 Å². The molecular formula is C18H25F2IN4OS. The summed E-state index contributed by atoms with van der Waals surface area (Å²) in [7, 11) is 1.67. The van der Waals surface area contributed by atoms with Crippen LogP contribution in [-0.2, 0) is 19.4 Å². The lowest BCUT2D eigenvalue weighted by atomic mass is 10.1. The van der Waals surface area contributed by atoms with E-state index in [1.54, 1.807) is 30.5 Å². The van der Waals surface area contributed by atoms with Crippen molar-refractivity contribution in [2.24, 2.45) is 4.99 Å². The molecule has 0 aliphatic carbocycles. The van der Waals surface area contributed by atoms with Crippen molar-refractivity contribution in [2.45, 2.75) is 39.8 Å². The standard InChI is InChI=1S/C18H24F2N4OS.HI/c1-4-16-24-14(11-26-16)7-8-22-18(21-3)23-10-13-9-12(2)5-6-15(13)25-17(19)20;/h5-6,9,11,17H,4,7-8,10H2,1-3H3,(H2,21,22,23);1H. The minimum absolute atomic E-state index is 0. The van der Waals surface area contributed by atoms with Crippen molar-refractivity contribution in [3.05, 3.63) is 45.4 Å². The average molecular weight is 510 g/mol. The number of aromatic nitrogens is 1. The second kappa shape index (κ2) is 12.1. The van der Waals surface area contributed by atoms with Crippen LogP contribution in [0.2, 0.25) is 0 Å². The van der Waals surface area contributed by atoms with Gasteiger partial charge in [-0.05, 0) is 19.4 Å². The maximum Gasteiger partial charge on any atom is 0.387 e. The second-order valence-corrected chi connectivity index (χ2v) is 6.62. The molecule has 27 heavy (non-hydrogen) atoms. The summed E-state index contributed by atoms with van der Waals surface area (Å²) in [6.07, 6.45) is 1.74. The van der Waals surface area contributed by atoms with Gasteiger partial charge in [0.2, 0.25) is 0 Å². The molecule has 1 aromatic carbocycles. The number of rotatable bonds is 8. The Labute approximate surface area is 179 Å². The van der Waals surface area contributed by atoms with Crippen molar-refractivity contribution in [2.75, 3.05) is 13.6 Å². The molecule has 0 bridgehead atoms. The maximum atomic E-state index is 12.5. The predicted molar refractivity (Wildman–Crippen MR) is 117 cm³/mol. The zero-order valence-corrected chi connectivity index (χ0v) is 18.7. The maximum absolute atomic E-state index is 12.5. The molecule has 0 unspecified atom stereocenters. The van der Waals surface area contributed by atoms with Gasteiger partial charge in [0.1, 0.15) is 5.75 Å². The molecular weight excluding hydrogens is 485 g/mol. The fourth-order valence-corrected chi connectivity index (χ4v) is 3.17. The molecule has 0 amide bonds. The number of aryl methyl sites for hydroxylation is 2. The Kier molecular flexibility index (Phi) is 10.5. The SMILES string of the molecule is CCc1nc(CCNC(=NC)NCc2cc(C)ccc2OC(F)F)cs1.I. The summed E-state index contributed by atoms with van der Waals surface area (Å²) in [5.41, 5.74) is 2.68. The number of hydrogen-bond donors (Lipinski definition) is 2. The lowest BCUT2D eigenvalue weighted by Gasteiger charge is -2.15. The summed E-state index contributed by atoms with van der Waals surface area (Å²) in [5, 5.41) is 9.53. The van der Waals surface area contributed by atoms with E-state index < -0.39 is 6.61 Å². The van der Waals surface area contributed by atoms with E-state index in [1.807, 2.05) is 13.0 Å². The van der Waals surface area contributed by atoms with Crippen LogP contribution in [-0.4, -0.2) is 31.1 Å². The number of halogens is 3. The monoisotopic (exact) mass is 510 g/mol. The van der Waals surface area contributed by atoms with Crippen LogP contribution in [0, 0.1) is 6.92 Å². The molecule has 150 valence electrons. The molecule has 1 heterocycles. The third kappa shape index (κ3) is 7.96. The van der Waals surface area contributed by atoms with Gasteiger partial charge in [-0.25, -0.2) is 4.98 Å². The van der Waals surface area contributed by atoms with Gasteiger partial charge in [-0.3, -0.25) is 4.99 Å². The van der Waals surface area contributed by atoms with Crippen LogP contribution in [0.15, 0.2) is 28.6 Å². The number of guanidine groups is 1. The first kappa shape index (κ1) is 23.5. The van der Waals surface area contributed by atoms with Gasteiger partial charge in [-0.1, -0.05) is 24.6 Å². The summed E-state index contributed by atoms with van der Waals surface area (Å²) < 4.78 is 29.7. The molecule has 0 atom stereocenters. The number of aliphatic imine (C=N–C) groups is 1. The Morgan fingerprint density at radius 2 is 2.11 bits per heavy atom. The van der Waals surface area contributed by atoms with Crippen molar-refractivity contribution in [1.82, 2.24) is 15.6 Å². The van der Waals surface area contributed by atoms with Crippen molar-refractivity contribution in [3.63, 3.8) is 0 Å². The Morgan fingerprint density at radius 1 is 1.33 bits per heavy atom. The van der Waals surface area contributed by atoms with Crippen LogP contribution in [0.5, 0.6) is 5.75 Å². The number of nitrogens with zero attached hydrogens (tertiary/aromatic N) is 2. The molecule has 0 radical (unpaired) electrons. The predicted octanol–water partition coefficient (Wildman–Crippen LogP) is 4.14. The van der Waals surface area contributed by atoms with Crippen LogP contribution in [0.4, 0.5) is 8.78 Å². The number of nitrogens with one attached hydrogen (secondary N) is 2. The fourth-order valence-electron chi connectivity index (χ4n) is 2.39. The van der Waals surface area contributed by atoms with E-state index in [0.717, 1.165) is 29.1 Å². The lowest BCUT2D eigenvalue weighted by Crippen LogP contribution is -2.38. The van der Waals surface area contributed by atoms with E-state index in [4.69, 9.17) is 0 Å². The Bertz CT molecular complexity index is 740. The molecule has 2 aromatic rings. The topological polar surface area (TPSA) is 58.5 Å². The smallest absolute Gasteiger partial charge is 0.387 e. The highest BCUT2D eigenvalue weighted by Gasteiger charge is 2.10. The minimum Gasteiger partial charge on any atom is -0.434 e. The summed E-state index contributed by atoms with van der Waals surface area (Å²) in [6.45, 7) is 2.16. The summed E-state index contributed by atoms with van der Waals surface area (Å²) in [6, 6.07) is 5.12. The van der Waals surface area contributed by atoms with E-state index in [1.165, 1.54) is 0 Å². The number of alkyl halides is 2. The molecule has 1 aromatic heterocycles. The van der Waals surface area contributed by atoms with E-state index in [9.17, 15) is 8.78 Å². The third-order valence-corrected chi connectivity index (χ3v) is 4.72. The van der Waals surface area contributed by atoms with Crippen LogP contribution >= 0.6 is 35.3 Å². The number of hydrogen-bond acceptors (Lipinski definition) is 4. The number of thiazole rings is 1. The first-order valence-corrected chi connectivity index (χ1v) is 9.32. The molecule has 9 heteroatoms. The summed E-state index contributed by atoms with van der Waals surface area (Å²) >= 11 is 1.67. The van der Waals surface area contributed by atoms with Gasteiger partial charge in [0.25, 0.3) is 0 Å². The zero-order valence-electron chi connectivity index (χ0n) is 15.6. The van der Waals surface area contributed by atoms with E-state index >= 15 is 0 Å². The van der Waals surface area contributed by atoms with Gasteiger partial charge in [0, 0.05) is 37.5 Å². The van der Waals surface area contributed by atoms with Crippen molar-refractivity contribution >= 4 is 41.3 Å². The van der Waals surface area contributed by atoms with E-state index in [2.05, 4.69) is 37.7 Å². The second-order valence-electron chi connectivity index (χ2n) is 5.68. The molecule has 2 rings (SSSR count). The number of benzene rings is 1. The van der Waals surface area contributed by atoms with Crippen molar-refractivity contribution < 1.29 is 13.5 Å². The Balaban J connectivity index is 0.00000364. The Morgan fingerprint density at radius 3 is 2.74 bits per heavy atom. The molecule has 0 fully saturated rings. The van der Waals surface area contributed by atoms with Crippen LogP contribution in [0.25, 0.3) is 0 Å². The summed E-state index contributed by atoms with van der Waals surface area (Å²) in [5.74, 6) is 0.767. The van der Waals surface area contributed by atoms with Gasteiger partial charge < -0.3 is 15.4 Å². The molecule has 0 saturated carbocycles. The van der Waals surface area contributed by atoms with Gasteiger partial charge in [0.15, 0.2) is 5.96 Å². The van der Waals surface area contributed by atoms with Gasteiger partial charge in [0.05, 0.1) is 10.7 Å². The van der Waals surface area contributed by atoms with Crippen LogP contribution < -0.4 is 15.4 Å². The zero-order chi connectivity index (χ0) is 18.9. The van der Waals surface area contributed by atoms with E-state index in [0.29, 0.717) is 24.6 Å². The molecule has 0 spiro atoms. The number of ether oxygens (including phenoxy) is 1. The van der Waals surface area contributed by atoms with Crippen LogP contribution in [0.1, 0.15) is 28.8 Å². The molecule has 5 nitrogen and oxygen atoms in total. The normalized spacial score (nSPS) is 11.3. The molecule has 0 aliphatic heterocycles. The van der Waals surface area contributed by atoms with E-state index in [-0.39, 0.29) is 29.7 Å². The third-order valence-electron chi connectivity index (χ3n) is 3.68. The molecule has 0 aliphatic rings. The Hall–Kier alpha value is -1.49. The lowest BCUT2D eigenvalue weighted by molar-refractivity contribution is -0.0504. The first-order valence-electron chi connectivity index (χ1n) is 8.44. The average Bonchev–Trinajstić information content (AvgIpc) is 3.07. The quantitative estimate of drug-likeness (QED) is 0.319. The highest BCUT2D eigenvalue weighted by molar-refractivity contribution is 14.0. The molecule has 2 N–H and O–H groups in total. The highest BCUT2D eigenvalue weighted by atomic mass is 127. The minimum atomic E-state index is -2.85. The van der Waals surface area contributed by atoms with Crippen molar-refractivity contribution in [1.29, 1.82) is 0 Å². The largest absolute Gasteiger partial charge is 0.434 e.